The Morgan fingerprint density at radius 1 is 1.21 bits per heavy atom. The predicted octanol–water partition coefficient (Wildman–Crippen LogP) is 4.28. The Balaban J connectivity index is 5.02. The van der Waals surface area contributed by atoms with Gasteiger partial charge in [0, 0.05) is 6.21 Å². The van der Waals surface area contributed by atoms with Crippen LogP contribution < -0.4 is 0 Å². The van der Waals surface area contributed by atoms with Gasteiger partial charge >= 0.3 is 0 Å². The van der Waals surface area contributed by atoms with Crippen LogP contribution in [0.2, 0.25) is 0 Å². The van der Waals surface area contributed by atoms with Crippen molar-refractivity contribution in [2.75, 3.05) is 0 Å². The highest BCUT2D eigenvalue weighted by atomic mass is 14.7. The third-order valence-corrected chi connectivity index (χ3v) is 2.27. The lowest BCUT2D eigenvalue weighted by molar-refractivity contribution is 1.05. The van der Waals surface area contributed by atoms with Gasteiger partial charge in [0.05, 0.1) is 5.70 Å². The van der Waals surface area contributed by atoms with E-state index in [-0.39, 0.29) is 0 Å². The van der Waals surface area contributed by atoms with Crippen molar-refractivity contribution in [3.8, 4) is 0 Å². The van der Waals surface area contributed by atoms with Crippen LogP contribution in [0.3, 0.4) is 0 Å². The second kappa shape index (κ2) is 7.31. The summed E-state index contributed by atoms with van der Waals surface area (Å²) in [5, 5.41) is 0. The number of aliphatic imine (C=N–C) groups is 1. The Morgan fingerprint density at radius 3 is 2.29 bits per heavy atom. The Kier molecular flexibility index (Phi) is 6.73. The zero-order valence-corrected chi connectivity index (χ0v) is 9.96. The zero-order valence-electron chi connectivity index (χ0n) is 9.96. The van der Waals surface area contributed by atoms with E-state index >= 15 is 0 Å². The summed E-state index contributed by atoms with van der Waals surface area (Å²) in [4.78, 5) is 4.36. The summed E-state index contributed by atoms with van der Waals surface area (Å²) in [6.07, 6.45) is 9.00. The fourth-order valence-electron chi connectivity index (χ4n) is 1.08. The van der Waals surface area contributed by atoms with Crippen LogP contribution in [-0.4, -0.2) is 6.21 Å². The topological polar surface area (TPSA) is 12.4 Å². The van der Waals surface area contributed by atoms with E-state index in [0.717, 1.165) is 12.1 Å². The molecular formula is C13H21N. The number of nitrogens with zero attached hydrogens (tertiary/aromatic N) is 1. The molecule has 0 aromatic rings. The maximum atomic E-state index is 4.36. The van der Waals surface area contributed by atoms with E-state index in [1.165, 1.54) is 11.1 Å². The second-order valence-corrected chi connectivity index (χ2v) is 3.22. The van der Waals surface area contributed by atoms with E-state index in [9.17, 15) is 0 Å². The van der Waals surface area contributed by atoms with Gasteiger partial charge in [-0.15, -0.1) is 0 Å². The van der Waals surface area contributed by atoms with Crippen LogP contribution in [0.4, 0.5) is 0 Å². The molecule has 0 aliphatic rings. The van der Waals surface area contributed by atoms with Gasteiger partial charge in [0.15, 0.2) is 0 Å². The Labute approximate surface area is 87.9 Å². The number of allylic oxidation sites excluding steroid dienone is 5. The summed E-state index contributed by atoms with van der Waals surface area (Å²) in [7, 11) is 0. The molecule has 0 aliphatic carbocycles. The average Bonchev–Trinajstić information content (AvgIpc) is 2.22. The molecule has 0 fully saturated rings. The van der Waals surface area contributed by atoms with Crippen molar-refractivity contribution in [1.82, 2.24) is 0 Å². The molecule has 0 bridgehead atoms. The first-order valence-corrected chi connectivity index (χ1v) is 5.15. The quantitative estimate of drug-likeness (QED) is 0.464. The van der Waals surface area contributed by atoms with Gasteiger partial charge in [-0.1, -0.05) is 24.6 Å². The molecule has 0 amide bonds. The third kappa shape index (κ3) is 4.22. The van der Waals surface area contributed by atoms with Crippen LogP contribution in [0.25, 0.3) is 0 Å². The van der Waals surface area contributed by atoms with Gasteiger partial charge in [0.2, 0.25) is 0 Å². The van der Waals surface area contributed by atoms with E-state index in [4.69, 9.17) is 0 Å². The smallest absolute Gasteiger partial charge is 0.0654 e. The Hall–Kier alpha value is -1.11. The van der Waals surface area contributed by atoms with Gasteiger partial charge < -0.3 is 0 Å². The van der Waals surface area contributed by atoms with Crippen LogP contribution in [0.5, 0.6) is 0 Å². The van der Waals surface area contributed by atoms with Gasteiger partial charge in [-0.2, -0.15) is 0 Å². The standard InChI is InChI=1S/C13H21N/c1-6-9-10-13(14-8-3)12(5)11(4)7-2/h6,8-10H,7H2,1-5H3/b9-6-,12-11+,13-10-,14-8?. The maximum Gasteiger partial charge on any atom is 0.0654 e. The Morgan fingerprint density at radius 2 is 1.86 bits per heavy atom. The molecule has 78 valence electrons. The van der Waals surface area contributed by atoms with E-state index in [1.54, 1.807) is 0 Å². The number of rotatable bonds is 4. The summed E-state index contributed by atoms with van der Waals surface area (Å²) in [5.41, 5.74) is 3.74. The van der Waals surface area contributed by atoms with Crippen LogP contribution >= 0.6 is 0 Å². The highest BCUT2D eigenvalue weighted by molar-refractivity contribution is 5.57. The lowest BCUT2D eigenvalue weighted by Crippen LogP contribution is -1.87. The fraction of sp³-hybridized carbons (Fsp3) is 0.462. The molecular weight excluding hydrogens is 170 g/mol. The predicted molar refractivity (Wildman–Crippen MR) is 65.7 cm³/mol. The van der Waals surface area contributed by atoms with E-state index in [2.05, 4.69) is 31.8 Å². The minimum Gasteiger partial charge on any atom is -0.261 e. The highest BCUT2D eigenvalue weighted by Gasteiger charge is 1.99. The largest absolute Gasteiger partial charge is 0.261 e. The first-order chi connectivity index (χ1) is 6.67. The zero-order chi connectivity index (χ0) is 11.0. The molecule has 0 heterocycles. The summed E-state index contributed by atoms with van der Waals surface area (Å²) >= 11 is 0. The first-order valence-electron chi connectivity index (χ1n) is 5.15. The van der Waals surface area contributed by atoms with Crippen molar-refractivity contribution < 1.29 is 0 Å². The van der Waals surface area contributed by atoms with Crippen LogP contribution in [0.1, 0.15) is 41.0 Å². The molecule has 0 radical (unpaired) electrons. The molecule has 0 rings (SSSR count). The fourth-order valence-corrected chi connectivity index (χ4v) is 1.08. The monoisotopic (exact) mass is 191 g/mol. The van der Waals surface area contributed by atoms with Gasteiger partial charge in [-0.25, -0.2) is 0 Å². The van der Waals surface area contributed by atoms with Gasteiger partial charge in [-0.3, -0.25) is 4.99 Å². The van der Waals surface area contributed by atoms with E-state index in [0.29, 0.717) is 0 Å². The summed E-state index contributed by atoms with van der Waals surface area (Å²) < 4.78 is 0. The molecule has 0 atom stereocenters. The molecule has 0 aliphatic heterocycles. The second-order valence-electron chi connectivity index (χ2n) is 3.22. The van der Waals surface area contributed by atoms with Crippen LogP contribution in [0.15, 0.2) is 40.1 Å². The van der Waals surface area contributed by atoms with Crippen molar-refractivity contribution in [2.45, 2.75) is 41.0 Å². The van der Waals surface area contributed by atoms with Crippen molar-refractivity contribution in [2.24, 2.45) is 4.99 Å². The number of hydrogen-bond acceptors (Lipinski definition) is 1. The van der Waals surface area contributed by atoms with Crippen LogP contribution in [-0.2, 0) is 0 Å². The first kappa shape index (κ1) is 12.9. The molecule has 0 saturated carbocycles. The van der Waals surface area contributed by atoms with Gasteiger partial charge in [0.1, 0.15) is 0 Å². The van der Waals surface area contributed by atoms with Crippen LogP contribution in [0, 0.1) is 0 Å². The minimum atomic E-state index is 1.06. The molecule has 0 aromatic carbocycles. The van der Waals surface area contributed by atoms with Gasteiger partial charge in [-0.05, 0) is 45.8 Å². The normalized spacial score (nSPS) is 15.4. The summed E-state index contributed by atoms with van der Waals surface area (Å²) in [6, 6.07) is 0. The van der Waals surface area contributed by atoms with Gasteiger partial charge in [0.25, 0.3) is 0 Å². The molecule has 1 nitrogen and oxygen atoms in total. The lowest BCUT2D eigenvalue weighted by atomic mass is 10.1. The summed E-state index contributed by atoms with van der Waals surface area (Å²) in [5.74, 6) is 0. The molecule has 0 N–H and O–H groups in total. The molecule has 0 aromatic heterocycles. The number of hydrogen-bond donors (Lipinski definition) is 0. The van der Waals surface area contributed by atoms with E-state index in [1.807, 2.05) is 32.2 Å². The average molecular weight is 191 g/mol. The molecule has 14 heavy (non-hydrogen) atoms. The highest BCUT2D eigenvalue weighted by Crippen LogP contribution is 2.17. The van der Waals surface area contributed by atoms with Crippen molar-refractivity contribution in [1.29, 1.82) is 0 Å². The molecule has 1 heteroatoms. The summed E-state index contributed by atoms with van der Waals surface area (Å²) in [6.45, 7) is 10.4. The SMILES string of the molecule is CC=NC(=C\C=C/C)/C(C)=C(\C)CC. The molecule has 0 saturated heterocycles. The minimum absolute atomic E-state index is 1.06. The molecule has 0 unspecified atom stereocenters. The van der Waals surface area contributed by atoms with E-state index < -0.39 is 0 Å². The lowest BCUT2D eigenvalue weighted by Gasteiger charge is -2.05. The Bertz CT molecular complexity index is 278. The maximum absolute atomic E-state index is 4.36. The third-order valence-electron chi connectivity index (χ3n) is 2.27. The van der Waals surface area contributed by atoms with Crippen molar-refractivity contribution in [3.05, 3.63) is 35.1 Å². The molecule has 0 spiro atoms. The van der Waals surface area contributed by atoms with Crippen molar-refractivity contribution in [3.63, 3.8) is 0 Å². The van der Waals surface area contributed by atoms with Crippen molar-refractivity contribution >= 4 is 6.21 Å².